The lowest BCUT2D eigenvalue weighted by molar-refractivity contribution is -0.143. The van der Waals surface area contributed by atoms with Gasteiger partial charge in [-0.15, -0.1) is 0 Å². The third kappa shape index (κ3) is 3.08. The van der Waals surface area contributed by atoms with Crippen molar-refractivity contribution in [1.82, 2.24) is 9.88 Å². The molecular weight excluding hydrogens is 303 g/mol. The van der Waals surface area contributed by atoms with E-state index in [0.717, 1.165) is 6.39 Å². The molecule has 1 aromatic carbocycles. The highest BCUT2D eigenvalue weighted by Gasteiger charge is 2.31. The van der Waals surface area contributed by atoms with E-state index >= 15 is 0 Å². The number of carboxylic acids is 1. The van der Waals surface area contributed by atoms with E-state index in [1.165, 1.54) is 29.2 Å². The first-order valence-electron chi connectivity index (χ1n) is 7.28. The standard InChI is InChI=1S/C16H15FN2O4/c17-12-5-3-10(4-6-12)14-13(18-9-23-14)15(20)19-7-1-2-11(8-19)16(21)22/h3-6,9,11H,1-2,7-8H2,(H,21,22). The Bertz CT molecular complexity index is 726. The molecule has 1 aromatic heterocycles. The van der Waals surface area contributed by atoms with Gasteiger partial charge < -0.3 is 14.4 Å². The van der Waals surface area contributed by atoms with Crippen molar-refractivity contribution in [1.29, 1.82) is 0 Å². The number of amides is 1. The molecule has 0 aliphatic carbocycles. The minimum absolute atomic E-state index is 0.114. The minimum atomic E-state index is -0.901. The lowest BCUT2D eigenvalue weighted by atomic mass is 9.98. The van der Waals surface area contributed by atoms with Crippen LogP contribution in [0.4, 0.5) is 4.39 Å². The molecule has 2 heterocycles. The lowest BCUT2D eigenvalue weighted by Gasteiger charge is -2.30. The fourth-order valence-electron chi connectivity index (χ4n) is 2.72. The maximum absolute atomic E-state index is 13.0. The van der Waals surface area contributed by atoms with E-state index in [1.807, 2.05) is 0 Å². The fourth-order valence-corrected chi connectivity index (χ4v) is 2.72. The Morgan fingerprint density at radius 2 is 2.04 bits per heavy atom. The molecule has 1 atom stereocenters. The van der Waals surface area contributed by atoms with E-state index < -0.39 is 11.9 Å². The van der Waals surface area contributed by atoms with Gasteiger partial charge in [0.2, 0.25) is 0 Å². The van der Waals surface area contributed by atoms with E-state index in [4.69, 9.17) is 9.52 Å². The van der Waals surface area contributed by atoms with Gasteiger partial charge in [-0.3, -0.25) is 9.59 Å². The normalized spacial score (nSPS) is 18.0. The van der Waals surface area contributed by atoms with Gasteiger partial charge in [0, 0.05) is 18.7 Å². The number of piperidine rings is 1. The van der Waals surface area contributed by atoms with Crippen molar-refractivity contribution in [2.45, 2.75) is 12.8 Å². The summed E-state index contributed by atoms with van der Waals surface area (Å²) >= 11 is 0. The van der Waals surface area contributed by atoms with Crippen molar-refractivity contribution in [2.75, 3.05) is 13.1 Å². The molecule has 7 heteroatoms. The zero-order chi connectivity index (χ0) is 16.4. The van der Waals surface area contributed by atoms with Crippen molar-refractivity contribution in [3.8, 4) is 11.3 Å². The van der Waals surface area contributed by atoms with E-state index in [0.29, 0.717) is 24.9 Å². The molecule has 0 radical (unpaired) electrons. The molecule has 2 aromatic rings. The molecule has 0 bridgehead atoms. The van der Waals surface area contributed by atoms with Gasteiger partial charge in [0.25, 0.3) is 5.91 Å². The first-order chi connectivity index (χ1) is 11.1. The third-order valence-electron chi connectivity index (χ3n) is 3.93. The highest BCUT2D eigenvalue weighted by molar-refractivity contribution is 5.97. The van der Waals surface area contributed by atoms with Crippen LogP contribution in [-0.4, -0.2) is 40.0 Å². The number of carbonyl (C=O) groups is 2. The fraction of sp³-hybridized carbons (Fsp3) is 0.312. The summed E-state index contributed by atoms with van der Waals surface area (Å²) in [4.78, 5) is 29.2. The molecule has 1 fully saturated rings. The number of carboxylic acid groups (broad SMARTS) is 1. The van der Waals surface area contributed by atoms with Gasteiger partial charge in [0.05, 0.1) is 5.92 Å². The lowest BCUT2D eigenvalue weighted by Crippen LogP contribution is -2.42. The van der Waals surface area contributed by atoms with Gasteiger partial charge in [-0.05, 0) is 37.1 Å². The average molecular weight is 318 g/mol. The molecule has 1 aliphatic rings. The zero-order valence-corrected chi connectivity index (χ0v) is 12.2. The molecule has 120 valence electrons. The van der Waals surface area contributed by atoms with Crippen LogP contribution in [0.15, 0.2) is 35.1 Å². The Kier molecular flexibility index (Phi) is 4.10. The van der Waals surface area contributed by atoms with Crippen LogP contribution in [0.25, 0.3) is 11.3 Å². The highest BCUT2D eigenvalue weighted by atomic mass is 19.1. The van der Waals surface area contributed by atoms with Crippen LogP contribution in [-0.2, 0) is 4.79 Å². The number of hydrogen-bond donors (Lipinski definition) is 1. The molecule has 1 amide bonds. The second-order valence-electron chi connectivity index (χ2n) is 5.47. The van der Waals surface area contributed by atoms with E-state index in [9.17, 15) is 14.0 Å². The summed E-state index contributed by atoms with van der Waals surface area (Å²) in [5.41, 5.74) is 0.654. The Balaban J connectivity index is 1.85. The van der Waals surface area contributed by atoms with Gasteiger partial charge >= 0.3 is 5.97 Å². The molecule has 6 nitrogen and oxygen atoms in total. The van der Waals surface area contributed by atoms with E-state index in [-0.39, 0.29) is 29.7 Å². The van der Waals surface area contributed by atoms with Crippen LogP contribution < -0.4 is 0 Å². The second-order valence-corrected chi connectivity index (χ2v) is 5.47. The Morgan fingerprint density at radius 1 is 1.30 bits per heavy atom. The molecule has 23 heavy (non-hydrogen) atoms. The van der Waals surface area contributed by atoms with Gasteiger partial charge in [-0.2, -0.15) is 0 Å². The number of benzene rings is 1. The van der Waals surface area contributed by atoms with Crippen LogP contribution in [0, 0.1) is 11.7 Å². The molecule has 1 unspecified atom stereocenters. The van der Waals surface area contributed by atoms with Crippen molar-refractivity contribution < 1.29 is 23.5 Å². The van der Waals surface area contributed by atoms with Crippen LogP contribution in [0.3, 0.4) is 0 Å². The Morgan fingerprint density at radius 3 is 2.74 bits per heavy atom. The van der Waals surface area contributed by atoms with Crippen LogP contribution in [0.1, 0.15) is 23.3 Å². The van der Waals surface area contributed by atoms with Crippen LogP contribution >= 0.6 is 0 Å². The summed E-state index contributed by atoms with van der Waals surface area (Å²) < 4.78 is 18.3. The summed E-state index contributed by atoms with van der Waals surface area (Å²) in [5.74, 6) is -1.96. The number of carbonyl (C=O) groups excluding carboxylic acids is 1. The van der Waals surface area contributed by atoms with Crippen molar-refractivity contribution >= 4 is 11.9 Å². The number of oxazole rings is 1. The van der Waals surface area contributed by atoms with Crippen molar-refractivity contribution in [3.05, 3.63) is 42.2 Å². The number of nitrogens with zero attached hydrogens (tertiary/aromatic N) is 2. The highest BCUT2D eigenvalue weighted by Crippen LogP contribution is 2.26. The summed E-state index contributed by atoms with van der Waals surface area (Å²) in [5, 5.41) is 9.12. The third-order valence-corrected chi connectivity index (χ3v) is 3.93. The summed E-state index contributed by atoms with van der Waals surface area (Å²) in [6, 6.07) is 5.55. The number of likely N-dealkylation sites (tertiary alicyclic amines) is 1. The van der Waals surface area contributed by atoms with E-state index in [1.54, 1.807) is 0 Å². The quantitative estimate of drug-likeness (QED) is 0.939. The molecule has 0 saturated carbocycles. The van der Waals surface area contributed by atoms with Gasteiger partial charge in [0.15, 0.2) is 17.8 Å². The number of rotatable bonds is 3. The minimum Gasteiger partial charge on any atom is -0.481 e. The predicted molar refractivity (Wildman–Crippen MR) is 78.2 cm³/mol. The molecule has 1 saturated heterocycles. The smallest absolute Gasteiger partial charge is 0.308 e. The number of halogens is 1. The molecule has 3 rings (SSSR count). The maximum atomic E-state index is 13.0. The molecule has 1 aliphatic heterocycles. The summed E-state index contributed by atoms with van der Waals surface area (Å²) in [7, 11) is 0. The summed E-state index contributed by atoms with van der Waals surface area (Å²) in [6.07, 6.45) is 2.35. The molecular formula is C16H15FN2O4. The maximum Gasteiger partial charge on any atom is 0.308 e. The first kappa shape index (κ1) is 15.2. The van der Waals surface area contributed by atoms with Crippen molar-refractivity contribution in [2.24, 2.45) is 5.92 Å². The molecule has 1 N–H and O–H groups in total. The monoisotopic (exact) mass is 318 g/mol. The molecule has 0 spiro atoms. The zero-order valence-electron chi connectivity index (χ0n) is 12.2. The SMILES string of the molecule is O=C(O)C1CCCN(C(=O)c2ncoc2-c2ccc(F)cc2)C1. The first-order valence-corrected chi connectivity index (χ1v) is 7.28. The summed E-state index contributed by atoms with van der Waals surface area (Å²) in [6.45, 7) is 0.641. The Labute approximate surface area is 131 Å². The average Bonchev–Trinajstić information content (AvgIpc) is 3.04. The van der Waals surface area contributed by atoms with E-state index in [2.05, 4.69) is 4.98 Å². The topological polar surface area (TPSA) is 83.6 Å². The van der Waals surface area contributed by atoms with Crippen molar-refractivity contribution in [3.63, 3.8) is 0 Å². The van der Waals surface area contributed by atoms with Gasteiger partial charge in [-0.1, -0.05) is 0 Å². The van der Waals surface area contributed by atoms with Crippen LogP contribution in [0.2, 0.25) is 0 Å². The largest absolute Gasteiger partial charge is 0.481 e. The van der Waals surface area contributed by atoms with Gasteiger partial charge in [-0.25, -0.2) is 9.37 Å². The van der Waals surface area contributed by atoms with Crippen LogP contribution in [0.5, 0.6) is 0 Å². The number of hydrogen-bond acceptors (Lipinski definition) is 4. The van der Waals surface area contributed by atoms with Gasteiger partial charge in [0.1, 0.15) is 5.82 Å². The second kappa shape index (κ2) is 6.20. The number of aromatic nitrogens is 1. The predicted octanol–water partition coefficient (Wildman–Crippen LogP) is 2.42. The Hall–Kier alpha value is -2.70. The number of aliphatic carboxylic acids is 1.